The van der Waals surface area contributed by atoms with Crippen molar-refractivity contribution in [3.63, 3.8) is 0 Å². The summed E-state index contributed by atoms with van der Waals surface area (Å²) in [6, 6.07) is 10.3. The molecule has 1 saturated heterocycles. The van der Waals surface area contributed by atoms with Gasteiger partial charge in [-0.3, -0.25) is 0 Å². The van der Waals surface area contributed by atoms with E-state index in [1.165, 1.54) is 38.8 Å². The summed E-state index contributed by atoms with van der Waals surface area (Å²) in [5.41, 5.74) is 1.11. The van der Waals surface area contributed by atoms with E-state index in [0.29, 0.717) is 0 Å². The molecule has 3 heterocycles. The molecule has 1 aromatic carbocycles. The Labute approximate surface area is 150 Å². The fourth-order valence-electron chi connectivity index (χ4n) is 2.98. The van der Waals surface area contributed by atoms with Gasteiger partial charge in [-0.1, -0.05) is 11.3 Å². The van der Waals surface area contributed by atoms with Gasteiger partial charge in [-0.15, -0.1) is 11.3 Å². The second-order valence-electron chi connectivity index (χ2n) is 6.01. The van der Waals surface area contributed by atoms with Gasteiger partial charge in [-0.2, -0.15) is 0 Å². The molecule has 1 N–H and O–H groups in total. The highest BCUT2D eigenvalue weighted by molar-refractivity contribution is 7.29. The minimum atomic E-state index is 0.832. The Kier molecular flexibility index (Phi) is 4.58. The predicted octanol–water partition coefficient (Wildman–Crippen LogP) is 4.97. The van der Waals surface area contributed by atoms with Crippen LogP contribution in [-0.4, -0.2) is 25.2 Å². The Hall–Kier alpha value is -1.79. The Balaban J connectivity index is 1.42. The number of hydrogen-bond acceptors (Lipinski definition) is 6. The van der Waals surface area contributed by atoms with Crippen LogP contribution in [0.25, 0.3) is 9.53 Å². The number of thiophene rings is 1. The van der Waals surface area contributed by atoms with Gasteiger partial charge in [0.1, 0.15) is 10.6 Å². The number of anilines is 2. The fourth-order valence-corrected chi connectivity index (χ4v) is 5.20. The molecule has 6 heteroatoms. The van der Waals surface area contributed by atoms with Gasteiger partial charge in [-0.25, -0.2) is 4.98 Å². The molecule has 1 aliphatic heterocycles. The van der Waals surface area contributed by atoms with E-state index < -0.39 is 0 Å². The molecule has 3 aromatic rings. The first-order chi connectivity index (χ1) is 11.8. The van der Waals surface area contributed by atoms with Gasteiger partial charge in [0.2, 0.25) is 0 Å². The van der Waals surface area contributed by atoms with Crippen molar-refractivity contribution in [2.75, 3.05) is 30.4 Å². The zero-order valence-corrected chi connectivity index (χ0v) is 15.4. The third kappa shape index (κ3) is 3.35. The van der Waals surface area contributed by atoms with Crippen LogP contribution in [0.5, 0.6) is 5.75 Å². The second-order valence-corrected chi connectivity index (χ2v) is 8.13. The van der Waals surface area contributed by atoms with E-state index in [9.17, 15) is 0 Å². The number of aromatic nitrogens is 1. The Bertz CT molecular complexity index is 772. The molecule has 0 unspecified atom stereocenters. The van der Waals surface area contributed by atoms with Crippen molar-refractivity contribution in [2.45, 2.75) is 25.8 Å². The van der Waals surface area contributed by atoms with Crippen molar-refractivity contribution in [3.05, 3.63) is 35.2 Å². The summed E-state index contributed by atoms with van der Waals surface area (Å²) >= 11 is 3.63. The molecule has 0 radical (unpaired) electrons. The number of benzene rings is 1. The molecular weight excluding hydrogens is 338 g/mol. The van der Waals surface area contributed by atoms with Gasteiger partial charge in [0.05, 0.1) is 11.8 Å². The summed E-state index contributed by atoms with van der Waals surface area (Å²) in [6.45, 7) is 3.15. The lowest BCUT2D eigenvalue weighted by Crippen LogP contribution is -2.29. The third-order valence-corrected chi connectivity index (χ3v) is 6.53. The van der Waals surface area contributed by atoms with Crippen LogP contribution in [0.15, 0.2) is 30.3 Å². The second kappa shape index (κ2) is 6.99. The van der Waals surface area contributed by atoms with Crippen LogP contribution in [0.2, 0.25) is 0 Å². The third-order valence-electron chi connectivity index (χ3n) is 4.31. The molecule has 0 aliphatic carbocycles. The van der Waals surface area contributed by atoms with Crippen LogP contribution in [0.1, 0.15) is 24.1 Å². The maximum atomic E-state index is 5.19. The van der Waals surface area contributed by atoms with Crippen LogP contribution in [0, 0.1) is 0 Å². The molecule has 1 fully saturated rings. The normalized spacial score (nSPS) is 15.0. The molecule has 4 nitrogen and oxygen atoms in total. The van der Waals surface area contributed by atoms with E-state index in [-0.39, 0.29) is 0 Å². The molecule has 0 bridgehead atoms. The monoisotopic (exact) mass is 359 g/mol. The Morgan fingerprint density at radius 3 is 2.62 bits per heavy atom. The predicted molar refractivity (Wildman–Crippen MR) is 104 cm³/mol. The number of nitrogens with one attached hydrogen (secondary N) is 1. The average Bonchev–Trinajstić information content (AvgIpc) is 3.20. The number of hydrogen-bond donors (Lipinski definition) is 1. The van der Waals surface area contributed by atoms with Gasteiger partial charge in [0.25, 0.3) is 0 Å². The molecule has 2 aromatic heterocycles. The maximum absolute atomic E-state index is 5.19. The summed E-state index contributed by atoms with van der Waals surface area (Å²) in [4.78, 5) is 9.79. The standard InChI is InChI=1S/C18H21N3OS2/c1-22-14-7-5-13(6-8-14)19-12-15-11-16-17(23-15)20-18(24-16)21-9-3-2-4-10-21/h5-8,11,19H,2-4,9-10,12H2,1H3. The lowest BCUT2D eigenvalue weighted by atomic mass is 10.1. The summed E-state index contributed by atoms with van der Waals surface area (Å²) in [5, 5.41) is 4.66. The highest BCUT2D eigenvalue weighted by Crippen LogP contribution is 2.35. The summed E-state index contributed by atoms with van der Waals surface area (Å²) in [7, 11) is 1.69. The van der Waals surface area contributed by atoms with E-state index in [4.69, 9.17) is 9.72 Å². The molecule has 0 saturated carbocycles. The number of fused-ring (bicyclic) bond motifs is 1. The molecule has 4 rings (SSSR count). The van der Waals surface area contributed by atoms with Crippen molar-refractivity contribution < 1.29 is 4.74 Å². The number of piperidine rings is 1. The minimum absolute atomic E-state index is 0.832. The van der Waals surface area contributed by atoms with Crippen molar-refractivity contribution in [3.8, 4) is 5.75 Å². The highest BCUT2D eigenvalue weighted by Gasteiger charge is 2.16. The van der Waals surface area contributed by atoms with Crippen LogP contribution in [0.3, 0.4) is 0 Å². The SMILES string of the molecule is COc1ccc(NCc2cc3sc(N4CCCCC4)nc3s2)cc1. The minimum Gasteiger partial charge on any atom is -0.497 e. The Morgan fingerprint density at radius 1 is 1.12 bits per heavy atom. The number of methoxy groups -OCH3 is 1. The first-order valence-electron chi connectivity index (χ1n) is 8.34. The number of rotatable bonds is 5. The maximum Gasteiger partial charge on any atom is 0.187 e. The van der Waals surface area contributed by atoms with Gasteiger partial charge >= 0.3 is 0 Å². The molecule has 0 amide bonds. The Morgan fingerprint density at radius 2 is 1.92 bits per heavy atom. The molecule has 1 aliphatic rings. The molecule has 24 heavy (non-hydrogen) atoms. The van der Waals surface area contributed by atoms with Crippen molar-refractivity contribution in [1.82, 2.24) is 4.98 Å². The first-order valence-corrected chi connectivity index (χ1v) is 9.97. The van der Waals surface area contributed by atoms with E-state index >= 15 is 0 Å². The lowest BCUT2D eigenvalue weighted by molar-refractivity contribution is 0.415. The van der Waals surface area contributed by atoms with Gasteiger partial charge < -0.3 is 15.0 Å². The van der Waals surface area contributed by atoms with E-state index in [1.807, 2.05) is 35.6 Å². The van der Waals surface area contributed by atoms with Crippen LogP contribution in [-0.2, 0) is 6.54 Å². The number of thiazole rings is 1. The first kappa shape index (κ1) is 15.7. The van der Waals surface area contributed by atoms with E-state index in [2.05, 4.69) is 16.3 Å². The lowest BCUT2D eigenvalue weighted by Gasteiger charge is -2.25. The average molecular weight is 360 g/mol. The van der Waals surface area contributed by atoms with Crippen LogP contribution < -0.4 is 15.0 Å². The fraction of sp³-hybridized carbons (Fsp3) is 0.389. The molecule has 126 valence electrons. The van der Waals surface area contributed by atoms with Gasteiger partial charge in [0, 0.05) is 30.2 Å². The number of ether oxygens (including phenoxy) is 1. The van der Waals surface area contributed by atoms with Crippen LogP contribution >= 0.6 is 22.7 Å². The smallest absolute Gasteiger partial charge is 0.187 e. The van der Waals surface area contributed by atoms with Gasteiger partial charge in [0.15, 0.2) is 5.13 Å². The largest absolute Gasteiger partial charge is 0.497 e. The topological polar surface area (TPSA) is 37.4 Å². The van der Waals surface area contributed by atoms with Crippen molar-refractivity contribution in [2.24, 2.45) is 0 Å². The molecule has 0 spiro atoms. The van der Waals surface area contributed by atoms with Gasteiger partial charge in [-0.05, 0) is 49.6 Å². The van der Waals surface area contributed by atoms with E-state index in [0.717, 1.165) is 31.1 Å². The summed E-state index contributed by atoms with van der Waals surface area (Å²) in [5.74, 6) is 0.881. The quantitative estimate of drug-likeness (QED) is 0.698. The molecular formula is C18H21N3OS2. The molecule has 0 atom stereocenters. The zero-order chi connectivity index (χ0) is 16.4. The van der Waals surface area contributed by atoms with Crippen molar-refractivity contribution in [1.29, 1.82) is 0 Å². The van der Waals surface area contributed by atoms with Crippen molar-refractivity contribution >= 4 is 43.0 Å². The number of nitrogens with zero attached hydrogens (tertiary/aromatic N) is 2. The summed E-state index contributed by atoms with van der Waals surface area (Å²) in [6.07, 6.45) is 3.95. The van der Waals surface area contributed by atoms with E-state index in [1.54, 1.807) is 18.4 Å². The highest BCUT2D eigenvalue weighted by atomic mass is 32.1. The zero-order valence-electron chi connectivity index (χ0n) is 13.7. The summed E-state index contributed by atoms with van der Waals surface area (Å²) < 4.78 is 6.50. The van der Waals surface area contributed by atoms with Crippen LogP contribution in [0.4, 0.5) is 10.8 Å².